The number of fused-ring (bicyclic) bond motifs is 2. The molecule has 1 saturated carbocycles. The third-order valence-corrected chi connectivity index (χ3v) is 5.01. The number of ether oxygens (including phenoxy) is 1. The molecule has 30 heavy (non-hydrogen) atoms. The third-order valence-electron chi connectivity index (χ3n) is 5.01. The van der Waals surface area contributed by atoms with E-state index in [1.807, 2.05) is 0 Å². The smallest absolute Gasteiger partial charge is 0.271 e. The Hall–Kier alpha value is -3.95. The van der Waals surface area contributed by atoms with E-state index >= 15 is 0 Å². The number of hydrogen-bond acceptors (Lipinski definition) is 7. The number of nitrogens with one attached hydrogen (secondary N) is 1. The number of hydrogen-bond donors (Lipinski definition) is 1. The van der Waals surface area contributed by atoms with E-state index in [1.54, 1.807) is 18.2 Å². The van der Waals surface area contributed by atoms with Gasteiger partial charge in [-0.2, -0.15) is 0 Å². The van der Waals surface area contributed by atoms with E-state index in [9.17, 15) is 19.7 Å². The van der Waals surface area contributed by atoms with E-state index in [2.05, 4.69) is 10.3 Å². The molecule has 152 valence electrons. The molecule has 2 heterocycles. The fourth-order valence-corrected chi connectivity index (χ4v) is 3.35. The monoisotopic (exact) mass is 408 g/mol. The first kappa shape index (κ1) is 18.1. The highest BCUT2D eigenvalue weighted by Crippen LogP contribution is 2.40. The Morgan fingerprint density at radius 2 is 2.10 bits per heavy atom. The number of aromatic nitrogens is 1. The van der Waals surface area contributed by atoms with E-state index in [1.165, 1.54) is 23.1 Å². The number of rotatable bonds is 5. The summed E-state index contributed by atoms with van der Waals surface area (Å²) in [5, 5.41) is 13.8. The quantitative estimate of drug-likeness (QED) is 0.508. The summed E-state index contributed by atoms with van der Waals surface area (Å²) in [6, 6.07) is 9.07. The Morgan fingerprint density at radius 3 is 2.87 bits per heavy atom. The average molecular weight is 408 g/mol. The molecule has 1 aliphatic heterocycles. The first-order chi connectivity index (χ1) is 14.5. The number of non-ortho nitro benzene ring substituents is 1. The van der Waals surface area contributed by atoms with Gasteiger partial charge in [0, 0.05) is 23.7 Å². The Bertz CT molecular complexity index is 1200. The molecule has 5 rings (SSSR count). The van der Waals surface area contributed by atoms with Crippen LogP contribution in [-0.4, -0.2) is 34.9 Å². The molecule has 10 heteroatoms. The lowest BCUT2D eigenvalue weighted by atomic mass is 10.2. The van der Waals surface area contributed by atoms with Crippen molar-refractivity contribution in [1.82, 2.24) is 4.98 Å². The van der Waals surface area contributed by atoms with E-state index in [-0.39, 0.29) is 24.5 Å². The minimum absolute atomic E-state index is 0.191. The third kappa shape index (κ3) is 3.32. The summed E-state index contributed by atoms with van der Waals surface area (Å²) in [5.41, 5.74) is 1.82. The second kappa shape index (κ2) is 6.83. The summed E-state index contributed by atoms with van der Waals surface area (Å²) in [7, 11) is 0. The number of amides is 2. The lowest BCUT2D eigenvalue weighted by Gasteiger charge is -2.28. The number of carbonyl (C=O) groups is 2. The molecule has 0 bridgehead atoms. The van der Waals surface area contributed by atoms with Gasteiger partial charge in [-0.05, 0) is 37.1 Å². The molecule has 10 nitrogen and oxygen atoms in total. The van der Waals surface area contributed by atoms with Crippen LogP contribution >= 0.6 is 0 Å². The lowest BCUT2D eigenvalue weighted by Crippen LogP contribution is -2.43. The van der Waals surface area contributed by atoms with Gasteiger partial charge in [0.1, 0.15) is 17.8 Å². The molecule has 1 aliphatic carbocycles. The van der Waals surface area contributed by atoms with Crippen molar-refractivity contribution in [2.75, 3.05) is 23.4 Å². The number of carbonyl (C=O) groups excluding carboxylic acids is 2. The van der Waals surface area contributed by atoms with Crippen molar-refractivity contribution in [3.05, 3.63) is 52.4 Å². The molecule has 3 aromatic rings. The van der Waals surface area contributed by atoms with Crippen LogP contribution in [0.1, 0.15) is 24.7 Å². The van der Waals surface area contributed by atoms with Gasteiger partial charge in [-0.1, -0.05) is 0 Å². The highest BCUT2D eigenvalue weighted by molar-refractivity contribution is 6.05. The van der Waals surface area contributed by atoms with Crippen LogP contribution in [-0.2, 0) is 9.59 Å². The lowest BCUT2D eigenvalue weighted by molar-refractivity contribution is -0.384. The van der Waals surface area contributed by atoms with Crippen LogP contribution in [0.3, 0.4) is 0 Å². The Balaban J connectivity index is 1.35. The highest BCUT2D eigenvalue weighted by Gasteiger charge is 2.30. The minimum Gasteiger partial charge on any atom is -0.482 e. The zero-order chi connectivity index (χ0) is 20.8. The van der Waals surface area contributed by atoms with E-state index < -0.39 is 16.7 Å². The number of nitrogens with zero attached hydrogens (tertiary/aromatic N) is 3. The van der Waals surface area contributed by atoms with Crippen molar-refractivity contribution in [2.45, 2.75) is 18.8 Å². The molecule has 0 unspecified atom stereocenters. The second-order valence-electron chi connectivity index (χ2n) is 7.23. The minimum atomic E-state index is -0.569. The summed E-state index contributed by atoms with van der Waals surface area (Å²) in [4.78, 5) is 41.0. The van der Waals surface area contributed by atoms with Crippen LogP contribution in [0.5, 0.6) is 5.75 Å². The second-order valence-corrected chi connectivity index (χ2v) is 7.23. The molecule has 1 aromatic heterocycles. The van der Waals surface area contributed by atoms with Gasteiger partial charge in [0.25, 0.3) is 11.6 Å². The Morgan fingerprint density at radius 1 is 1.27 bits per heavy atom. The van der Waals surface area contributed by atoms with Crippen molar-refractivity contribution in [3.8, 4) is 5.75 Å². The number of benzene rings is 2. The van der Waals surface area contributed by atoms with Crippen LogP contribution in [0.4, 0.5) is 17.1 Å². The molecule has 0 saturated heterocycles. The maximum atomic E-state index is 12.6. The fraction of sp³-hybridized carbons (Fsp3) is 0.250. The van der Waals surface area contributed by atoms with Crippen molar-refractivity contribution < 1.29 is 23.7 Å². The molecule has 1 fully saturated rings. The number of anilines is 2. The van der Waals surface area contributed by atoms with Crippen LogP contribution < -0.4 is 15.0 Å². The Kier molecular flexibility index (Phi) is 4.12. The van der Waals surface area contributed by atoms with Gasteiger partial charge in [-0.15, -0.1) is 0 Å². The number of nitro benzene ring substituents is 1. The maximum absolute atomic E-state index is 12.6. The average Bonchev–Trinajstić information content (AvgIpc) is 3.49. The van der Waals surface area contributed by atoms with Crippen molar-refractivity contribution in [2.24, 2.45) is 0 Å². The van der Waals surface area contributed by atoms with Gasteiger partial charge >= 0.3 is 0 Å². The van der Waals surface area contributed by atoms with Gasteiger partial charge in [-0.3, -0.25) is 24.6 Å². The molecular formula is C20H16N4O6. The fourth-order valence-electron chi connectivity index (χ4n) is 3.35. The normalized spacial score (nSPS) is 15.6. The first-order valence-electron chi connectivity index (χ1n) is 9.40. The standard InChI is InChI=1S/C20H16N4O6/c25-18(21-12-3-5-16-14(7-12)22-20(30-16)11-1-2-11)9-23-15-8-13(24(27)28)4-6-17(15)29-10-19(23)26/h3-8,11H,1-2,9-10H2,(H,21,25). The molecular weight excluding hydrogens is 392 g/mol. The molecule has 2 aromatic carbocycles. The summed E-state index contributed by atoms with van der Waals surface area (Å²) >= 11 is 0. The first-order valence-corrected chi connectivity index (χ1v) is 9.40. The van der Waals surface area contributed by atoms with Gasteiger partial charge in [0.2, 0.25) is 5.91 Å². The highest BCUT2D eigenvalue weighted by atomic mass is 16.6. The number of oxazole rings is 1. The largest absolute Gasteiger partial charge is 0.482 e. The zero-order valence-electron chi connectivity index (χ0n) is 15.7. The van der Waals surface area contributed by atoms with Crippen LogP contribution in [0.2, 0.25) is 0 Å². The van der Waals surface area contributed by atoms with Gasteiger partial charge in [0.15, 0.2) is 18.1 Å². The van der Waals surface area contributed by atoms with Crippen LogP contribution in [0, 0.1) is 10.1 Å². The zero-order valence-corrected chi connectivity index (χ0v) is 15.7. The molecule has 2 aliphatic rings. The Labute approximate surface area is 169 Å². The van der Waals surface area contributed by atoms with E-state index in [0.29, 0.717) is 34.3 Å². The molecule has 0 atom stereocenters. The van der Waals surface area contributed by atoms with E-state index in [0.717, 1.165) is 12.8 Å². The van der Waals surface area contributed by atoms with Crippen molar-refractivity contribution in [1.29, 1.82) is 0 Å². The summed E-state index contributed by atoms with van der Waals surface area (Å²) in [5.74, 6) is 0.495. The molecule has 2 amide bonds. The van der Waals surface area contributed by atoms with Crippen molar-refractivity contribution in [3.63, 3.8) is 0 Å². The molecule has 0 spiro atoms. The van der Waals surface area contributed by atoms with Crippen molar-refractivity contribution >= 4 is 40.0 Å². The van der Waals surface area contributed by atoms with Gasteiger partial charge < -0.3 is 14.5 Å². The maximum Gasteiger partial charge on any atom is 0.271 e. The summed E-state index contributed by atoms with van der Waals surface area (Å²) < 4.78 is 11.0. The molecule has 0 radical (unpaired) electrons. The van der Waals surface area contributed by atoms with Crippen LogP contribution in [0.15, 0.2) is 40.8 Å². The van der Waals surface area contributed by atoms with E-state index in [4.69, 9.17) is 9.15 Å². The SMILES string of the molecule is O=C(CN1C(=O)COc2ccc([N+](=O)[O-])cc21)Nc1ccc2oc(C3CC3)nc2c1. The topological polar surface area (TPSA) is 128 Å². The summed E-state index contributed by atoms with van der Waals surface area (Å²) in [6.07, 6.45) is 2.15. The van der Waals surface area contributed by atoms with Gasteiger partial charge in [-0.25, -0.2) is 4.98 Å². The van der Waals surface area contributed by atoms with Crippen LogP contribution in [0.25, 0.3) is 11.1 Å². The number of nitro groups is 1. The predicted molar refractivity (Wildman–Crippen MR) is 106 cm³/mol. The summed E-state index contributed by atoms with van der Waals surface area (Å²) in [6.45, 7) is -0.548. The predicted octanol–water partition coefficient (Wildman–Crippen LogP) is 2.98. The molecule has 1 N–H and O–H groups in total. The van der Waals surface area contributed by atoms with Gasteiger partial charge in [0.05, 0.1) is 10.6 Å².